The smallest absolute Gasteiger partial charge is 0.0453 e. The molecule has 1 saturated carbocycles. The highest BCUT2D eigenvalue weighted by Crippen LogP contribution is 2.38. The Morgan fingerprint density at radius 3 is 2.43 bits per heavy atom. The first-order chi connectivity index (χ1) is 6.29. The Kier molecular flexibility index (Phi) is 4.24. The molecule has 1 atom stereocenters. The summed E-state index contributed by atoms with van der Waals surface area (Å²) >= 11 is 6.06. The van der Waals surface area contributed by atoms with Gasteiger partial charge in [0.2, 0.25) is 0 Å². The minimum atomic E-state index is 0. The Morgan fingerprint density at radius 2 is 1.93 bits per heavy atom. The van der Waals surface area contributed by atoms with Gasteiger partial charge in [-0.1, -0.05) is 36.2 Å². The highest BCUT2D eigenvalue weighted by Gasteiger charge is 2.26. The van der Waals surface area contributed by atoms with Crippen LogP contribution in [0.25, 0.3) is 0 Å². The van der Waals surface area contributed by atoms with Crippen LogP contribution in [0.3, 0.4) is 0 Å². The summed E-state index contributed by atoms with van der Waals surface area (Å²) in [7, 11) is 0. The maximum absolute atomic E-state index is 6.12. The molecule has 1 unspecified atom stereocenters. The Bertz CT molecular complexity index is 297. The van der Waals surface area contributed by atoms with E-state index in [1.165, 1.54) is 19.3 Å². The van der Waals surface area contributed by atoms with Crippen molar-refractivity contribution in [1.82, 2.24) is 0 Å². The van der Waals surface area contributed by atoms with Gasteiger partial charge in [0.15, 0.2) is 0 Å². The molecule has 14 heavy (non-hydrogen) atoms. The molecule has 1 aromatic carbocycles. The third-order valence-corrected chi connectivity index (χ3v) is 3.27. The first-order valence-electron chi connectivity index (χ1n) is 4.79. The Hall–Kier alpha value is -0.240. The quantitative estimate of drug-likeness (QED) is 0.828. The van der Waals surface area contributed by atoms with Crippen molar-refractivity contribution >= 4 is 24.0 Å². The number of rotatable bonds is 2. The van der Waals surface area contributed by atoms with E-state index in [1.54, 1.807) is 0 Å². The molecule has 1 aromatic rings. The van der Waals surface area contributed by atoms with Crippen molar-refractivity contribution in [3.05, 3.63) is 34.9 Å². The van der Waals surface area contributed by atoms with Crippen LogP contribution in [-0.4, -0.2) is 0 Å². The van der Waals surface area contributed by atoms with Crippen LogP contribution in [0.15, 0.2) is 24.3 Å². The predicted octanol–water partition coefficient (Wildman–Crippen LogP) is 3.56. The summed E-state index contributed by atoms with van der Waals surface area (Å²) in [5.74, 6) is 0.653. The molecule has 0 heterocycles. The van der Waals surface area contributed by atoms with Gasteiger partial charge in [0, 0.05) is 11.1 Å². The van der Waals surface area contributed by atoms with Gasteiger partial charge in [-0.25, -0.2) is 0 Å². The van der Waals surface area contributed by atoms with Gasteiger partial charge in [0.05, 0.1) is 0 Å². The highest BCUT2D eigenvalue weighted by molar-refractivity contribution is 6.31. The summed E-state index contributed by atoms with van der Waals surface area (Å²) < 4.78 is 0. The third kappa shape index (κ3) is 2.22. The maximum Gasteiger partial charge on any atom is 0.0453 e. The normalized spacial score (nSPS) is 18.1. The number of halogens is 2. The molecule has 0 spiro atoms. The standard InChI is InChI=1S/C11H14ClN.ClH/c12-10-7-2-1-6-9(10)11(13)8-4-3-5-8;/h1-2,6-8,11H,3-5,13H2;1H. The predicted molar refractivity (Wildman–Crippen MR) is 63.0 cm³/mol. The maximum atomic E-state index is 6.12. The molecule has 1 aliphatic rings. The van der Waals surface area contributed by atoms with Crippen molar-refractivity contribution in [2.24, 2.45) is 11.7 Å². The largest absolute Gasteiger partial charge is 0.324 e. The fourth-order valence-electron chi connectivity index (χ4n) is 1.80. The van der Waals surface area contributed by atoms with Crippen molar-refractivity contribution < 1.29 is 0 Å². The van der Waals surface area contributed by atoms with Gasteiger partial charge >= 0.3 is 0 Å². The molecule has 0 amide bonds. The van der Waals surface area contributed by atoms with Crippen LogP contribution in [0, 0.1) is 5.92 Å². The minimum absolute atomic E-state index is 0. The lowest BCUT2D eigenvalue weighted by atomic mass is 9.77. The summed E-state index contributed by atoms with van der Waals surface area (Å²) in [6, 6.07) is 8.03. The third-order valence-electron chi connectivity index (χ3n) is 2.92. The molecule has 0 aromatic heterocycles. The van der Waals surface area contributed by atoms with Crippen molar-refractivity contribution in [3.63, 3.8) is 0 Å². The number of hydrogen-bond donors (Lipinski definition) is 1. The van der Waals surface area contributed by atoms with Gasteiger partial charge < -0.3 is 5.73 Å². The van der Waals surface area contributed by atoms with E-state index in [2.05, 4.69) is 0 Å². The number of hydrogen-bond acceptors (Lipinski definition) is 1. The van der Waals surface area contributed by atoms with Crippen LogP contribution in [0.4, 0.5) is 0 Å². The molecular formula is C11H15Cl2N. The first-order valence-corrected chi connectivity index (χ1v) is 5.17. The molecule has 3 heteroatoms. The van der Waals surface area contributed by atoms with E-state index in [-0.39, 0.29) is 18.4 Å². The molecule has 1 nitrogen and oxygen atoms in total. The van der Waals surface area contributed by atoms with E-state index in [1.807, 2.05) is 24.3 Å². The van der Waals surface area contributed by atoms with Crippen LogP contribution < -0.4 is 5.73 Å². The molecule has 2 N–H and O–H groups in total. The molecule has 2 rings (SSSR count). The Labute approximate surface area is 96.0 Å². The highest BCUT2D eigenvalue weighted by atomic mass is 35.5. The monoisotopic (exact) mass is 231 g/mol. The zero-order valence-electron chi connectivity index (χ0n) is 7.95. The molecule has 0 saturated heterocycles. The zero-order chi connectivity index (χ0) is 9.26. The first kappa shape index (κ1) is 11.8. The van der Waals surface area contributed by atoms with E-state index in [0.717, 1.165) is 10.6 Å². The number of benzene rings is 1. The van der Waals surface area contributed by atoms with Crippen LogP contribution in [0.5, 0.6) is 0 Å². The summed E-state index contributed by atoms with van der Waals surface area (Å²) in [5.41, 5.74) is 7.22. The van der Waals surface area contributed by atoms with Crippen molar-refractivity contribution in [1.29, 1.82) is 0 Å². The van der Waals surface area contributed by atoms with Gasteiger partial charge in [-0.3, -0.25) is 0 Å². The van der Waals surface area contributed by atoms with E-state index in [0.29, 0.717) is 5.92 Å². The van der Waals surface area contributed by atoms with Gasteiger partial charge in [-0.15, -0.1) is 12.4 Å². The van der Waals surface area contributed by atoms with Crippen LogP contribution in [-0.2, 0) is 0 Å². The second-order valence-electron chi connectivity index (χ2n) is 3.74. The van der Waals surface area contributed by atoms with Gasteiger partial charge in [0.1, 0.15) is 0 Å². The van der Waals surface area contributed by atoms with Crippen molar-refractivity contribution in [2.45, 2.75) is 25.3 Å². The second kappa shape index (κ2) is 5.01. The molecule has 78 valence electrons. The van der Waals surface area contributed by atoms with Crippen molar-refractivity contribution in [3.8, 4) is 0 Å². The zero-order valence-corrected chi connectivity index (χ0v) is 9.52. The summed E-state index contributed by atoms with van der Waals surface area (Å²) in [6.45, 7) is 0. The van der Waals surface area contributed by atoms with Crippen LogP contribution >= 0.6 is 24.0 Å². The Balaban J connectivity index is 0.000000980. The van der Waals surface area contributed by atoms with Gasteiger partial charge in [-0.05, 0) is 30.4 Å². The minimum Gasteiger partial charge on any atom is -0.324 e. The Morgan fingerprint density at radius 1 is 1.29 bits per heavy atom. The van der Waals surface area contributed by atoms with Gasteiger partial charge in [0.25, 0.3) is 0 Å². The molecule has 1 aliphatic carbocycles. The van der Waals surface area contributed by atoms with E-state index < -0.39 is 0 Å². The fourth-order valence-corrected chi connectivity index (χ4v) is 2.06. The molecule has 0 radical (unpaired) electrons. The average molecular weight is 232 g/mol. The number of nitrogens with two attached hydrogens (primary N) is 1. The summed E-state index contributed by atoms with van der Waals surface area (Å²) in [5, 5.41) is 0.807. The average Bonchev–Trinajstić information content (AvgIpc) is 2.01. The van der Waals surface area contributed by atoms with Crippen LogP contribution in [0.2, 0.25) is 5.02 Å². The topological polar surface area (TPSA) is 26.0 Å². The van der Waals surface area contributed by atoms with E-state index in [9.17, 15) is 0 Å². The van der Waals surface area contributed by atoms with E-state index in [4.69, 9.17) is 17.3 Å². The lowest BCUT2D eigenvalue weighted by molar-refractivity contribution is 0.264. The van der Waals surface area contributed by atoms with E-state index >= 15 is 0 Å². The molecule has 1 fully saturated rings. The van der Waals surface area contributed by atoms with Gasteiger partial charge in [-0.2, -0.15) is 0 Å². The summed E-state index contributed by atoms with van der Waals surface area (Å²) in [6.07, 6.45) is 3.83. The SMILES string of the molecule is Cl.NC(c1ccccc1Cl)C1CCC1. The molecule has 0 aliphatic heterocycles. The molecule has 0 bridgehead atoms. The molecular weight excluding hydrogens is 217 g/mol. The lowest BCUT2D eigenvalue weighted by Gasteiger charge is -2.31. The lowest BCUT2D eigenvalue weighted by Crippen LogP contribution is -2.26. The fraction of sp³-hybridized carbons (Fsp3) is 0.455. The second-order valence-corrected chi connectivity index (χ2v) is 4.15. The van der Waals surface area contributed by atoms with Crippen LogP contribution in [0.1, 0.15) is 30.9 Å². The summed E-state index contributed by atoms with van der Waals surface area (Å²) in [4.78, 5) is 0. The van der Waals surface area contributed by atoms with Crippen molar-refractivity contribution in [2.75, 3.05) is 0 Å².